The predicted octanol–water partition coefficient (Wildman–Crippen LogP) is 14.9. The van der Waals surface area contributed by atoms with Gasteiger partial charge in [0.25, 0.3) is 0 Å². The molecule has 0 saturated heterocycles. The second kappa shape index (κ2) is 12.3. The van der Waals surface area contributed by atoms with Gasteiger partial charge in [0.2, 0.25) is 0 Å². The minimum Gasteiger partial charge on any atom is -0.139 e. The van der Waals surface area contributed by atoms with Crippen LogP contribution in [-0.4, -0.2) is 0 Å². The Bertz CT molecular complexity index is 1670. The molecule has 42 heavy (non-hydrogen) atoms. The van der Waals surface area contributed by atoms with E-state index in [1.54, 1.807) is 0 Å². The lowest BCUT2D eigenvalue weighted by Crippen LogP contribution is -1.78. The molecular formula is C36H38S6. The molecule has 0 aliphatic carbocycles. The molecule has 0 saturated carbocycles. The van der Waals surface area contributed by atoms with Crippen LogP contribution in [-0.2, 0) is 0 Å². The van der Waals surface area contributed by atoms with Gasteiger partial charge in [-0.15, -0.1) is 68.0 Å². The van der Waals surface area contributed by atoms with Crippen LogP contribution in [0.3, 0.4) is 0 Å². The summed E-state index contributed by atoms with van der Waals surface area (Å²) in [7, 11) is 0. The summed E-state index contributed by atoms with van der Waals surface area (Å²) in [5, 5.41) is 0. The third-order valence-corrected chi connectivity index (χ3v) is 16.0. The summed E-state index contributed by atoms with van der Waals surface area (Å²) in [6.07, 6.45) is 0. The molecular weight excluding hydrogens is 625 g/mol. The van der Waals surface area contributed by atoms with Crippen LogP contribution in [0.2, 0.25) is 0 Å². The third kappa shape index (κ3) is 5.96. The van der Waals surface area contributed by atoms with Gasteiger partial charge in [-0.3, -0.25) is 0 Å². The van der Waals surface area contributed by atoms with Crippen LogP contribution in [0.5, 0.6) is 0 Å². The average molecular weight is 663 g/mol. The van der Waals surface area contributed by atoms with Crippen molar-refractivity contribution < 1.29 is 0 Å². The first-order valence-electron chi connectivity index (χ1n) is 14.8. The van der Waals surface area contributed by atoms with Crippen LogP contribution in [0, 0.1) is 0 Å². The van der Waals surface area contributed by atoms with E-state index in [0.717, 1.165) is 0 Å². The van der Waals surface area contributed by atoms with Gasteiger partial charge in [0.15, 0.2) is 0 Å². The average Bonchev–Trinajstić information content (AvgIpc) is 3.77. The van der Waals surface area contributed by atoms with E-state index < -0.39 is 0 Å². The van der Waals surface area contributed by atoms with Gasteiger partial charge >= 0.3 is 0 Å². The normalized spacial score (nSPS) is 12.2. The fourth-order valence-electron chi connectivity index (χ4n) is 4.95. The van der Waals surface area contributed by atoms with Gasteiger partial charge in [0.05, 0.1) is 9.75 Å². The Kier molecular flexibility index (Phi) is 8.85. The molecule has 6 heteroatoms. The van der Waals surface area contributed by atoms with E-state index in [0.29, 0.717) is 23.7 Å². The summed E-state index contributed by atoms with van der Waals surface area (Å²) in [6.45, 7) is 18.4. The quantitative estimate of drug-likeness (QED) is 0.144. The molecule has 0 bridgehead atoms. The Morgan fingerprint density at radius 2 is 0.619 bits per heavy atom. The number of thiophene rings is 6. The van der Waals surface area contributed by atoms with Crippen molar-refractivity contribution >= 4 is 68.0 Å². The van der Waals surface area contributed by atoms with Gasteiger partial charge in [-0.25, -0.2) is 0 Å². The van der Waals surface area contributed by atoms with Crippen LogP contribution in [0.4, 0.5) is 0 Å². The van der Waals surface area contributed by atoms with Gasteiger partial charge in [0, 0.05) is 59.9 Å². The Labute approximate surface area is 275 Å². The summed E-state index contributed by atoms with van der Waals surface area (Å²) in [6, 6.07) is 23.7. The van der Waals surface area contributed by atoms with Gasteiger partial charge in [-0.05, 0) is 84.3 Å². The van der Waals surface area contributed by atoms with Crippen LogP contribution in [0.25, 0.3) is 50.1 Å². The van der Waals surface area contributed by atoms with E-state index in [9.17, 15) is 0 Å². The van der Waals surface area contributed by atoms with E-state index in [-0.39, 0.29) is 0 Å². The fourth-order valence-corrected chi connectivity index (χ4v) is 11.7. The van der Waals surface area contributed by atoms with Gasteiger partial charge in [0.1, 0.15) is 0 Å². The van der Waals surface area contributed by atoms with E-state index in [1.807, 2.05) is 68.0 Å². The molecule has 6 aromatic heterocycles. The minimum atomic E-state index is 0.537. The lowest BCUT2D eigenvalue weighted by atomic mass is 10.0. The van der Waals surface area contributed by atoms with E-state index in [4.69, 9.17) is 0 Å². The Balaban J connectivity index is 1.56. The molecule has 0 aromatic carbocycles. The third-order valence-electron chi connectivity index (χ3n) is 7.47. The second-order valence-corrected chi connectivity index (χ2v) is 18.7. The zero-order chi connectivity index (χ0) is 29.7. The molecule has 6 heterocycles. The van der Waals surface area contributed by atoms with Crippen molar-refractivity contribution in [2.24, 2.45) is 0 Å². The zero-order valence-corrected chi connectivity index (χ0v) is 30.4. The van der Waals surface area contributed by atoms with Crippen molar-refractivity contribution in [1.29, 1.82) is 0 Å². The molecule has 0 fully saturated rings. The van der Waals surface area contributed by atoms with Crippen molar-refractivity contribution in [1.82, 2.24) is 0 Å². The molecule has 0 atom stereocenters. The SMILES string of the molecule is CC(C)c1ccc(-c2cc(-c3cc(-c4ccc(C(C)C)s4)sc3-c3ccc(C(C)C)s3)c(-c3ccc(C(C)C)s3)s2)s1. The molecule has 0 N–H and O–H groups in total. The molecule has 6 aromatic rings. The highest BCUT2D eigenvalue weighted by atomic mass is 32.1. The molecule has 0 spiro atoms. The van der Waals surface area contributed by atoms with Crippen molar-refractivity contribution in [2.75, 3.05) is 0 Å². The van der Waals surface area contributed by atoms with Gasteiger partial charge in [-0.2, -0.15) is 0 Å². The summed E-state index contributed by atoms with van der Waals surface area (Å²) in [5.41, 5.74) is 2.76. The first-order chi connectivity index (χ1) is 20.1. The maximum atomic E-state index is 2.49. The Morgan fingerprint density at radius 3 is 0.905 bits per heavy atom. The molecule has 0 radical (unpaired) electrons. The van der Waals surface area contributed by atoms with Crippen LogP contribution < -0.4 is 0 Å². The standard InChI is InChI=1S/C36H38S6/c1-19(2)25-9-13-29(37-25)33-17-23(35(41-33)31-15-11-27(39-31)21(5)6)24-18-34(30-14-10-26(38-30)20(3)4)42-36(24)32-16-12-28(40-32)22(7)8/h9-22H,1-8H3. The molecule has 218 valence electrons. The number of hydrogen-bond acceptors (Lipinski definition) is 6. The topological polar surface area (TPSA) is 0 Å². The first-order valence-corrected chi connectivity index (χ1v) is 19.7. The van der Waals surface area contributed by atoms with Crippen molar-refractivity contribution in [2.45, 2.75) is 79.1 Å². The Hall–Kier alpha value is -1.80. The highest BCUT2D eigenvalue weighted by Gasteiger charge is 2.24. The van der Waals surface area contributed by atoms with Crippen LogP contribution >= 0.6 is 68.0 Å². The maximum Gasteiger partial charge on any atom is 0.0528 e. The van der Waals surface area contributed by atoms with E-state index >= 15 is 0 Å². The molecule has 0 unspecified atom stereocenters. The van der Waals surface area contributed by atoms with E-state index in [2.05, 4.69) is 116 Å². The minimum absolute atomic E-state index is 0.537. The van der Waals surface area contributed by atoms with Crippen LogP contribution in [0.15, 0.2) is 60.7 Å². The highest BCUT2D eigenvalue weighted by molar-refractivity contribution is 7.28. The smallest absolute Gasteiger partial charge is 0.0528 e. The molecule has 0 aliphatic heterocycles. The fraction of sp³-hybridized carbons (Fsp3) is 0.333. The maximum absolute atomic E-state index is 2.49. The molecule has 6 rings (SSSR count). The summed E-state index contributed by atoms with van der Waals surface area (Å²) < 4.78 is 0. The van der Waals surface area contributed by atoms with Crippen molar-refractivity contribution in [3.63, 3.8) is 0 Å². The molecule has 0 aliphatic rings. The number of hydrogen-bond donors (Lipinski definition) is 0. The van der Waals surface area contributed by atoms with Gasteiger partial charge in [-0.1, -0.05) is 55.4 Å². The zero-order valence-electron chi connectivity index (χ0n) is 25.5. The lowest BCUT2D eigenvalue weighted by Gasteiger charge is -2.04. The largest absolute Gasteiger partial charge is 0.139 e. The predicted molar refractivity (Wildman–Crippen MR) is 197 cm³/mol. The summed E-state index contributed by atoms with van der Waals surface area (Å²) in [5.74, 6) is 2.18. The molecule has 0 nitrogen and oxygen atoms in total. The number of rotatable bonds is 9. The van der Waals surface area contributed by atoms with Crippen molar-refractivity contribution in [3.05, 3.63) is 80.2 Å². The van der Waals surface area contributed by atoms with Gasteiger partial charge < -0.3 is 0 Å². The Morgan fingerprint density at radius 1 is 0.333 bits per heavy atom. The van der Waals surface area contributed by atoms with Crippen LogP contribution in [0.1, 0.15) is 98.6 Å². The van der Waals surface area contributed by atoms with E-state index in [1.165, 1.54) is 69.7 Å². The monoisotopic (exact) mass is 662 g/mol. The second-order valence-electron chi connectivity index (χ2n) is 12.1. The summed E-state index contributed by atoms with van der Waals surface area (Å²) in [4.78, 5) is 16.9. The molecule has 0 amide bonds. The first kappa shape index (κ1) is 30.2. The van der Waals surface area contributed by atoms with Crippen molar-refractivity contribution in [3.8, 4) is 50.1 Å². The highest BCUT2D eigenvalue weighted by Crippen LogP contribution is 2.54. The summed E-state index contributed by atoms with van der Waals surface area (Å²) >= 11 is 11.8. The lowest BCUT2D eigenvalue weighted by molar-refractivity contribution is 0.890.